The number of rotatable bonds is 2. The maximum absolute atomic E-state index is 13.1. The molecule has 0 radical (unpaired) electrons. The number of likely N-dealkylation sites (tertiary alicyclic amines) is 1. The predicted molar refractivity (Wildman–Crippen MR) is 111 cm³/mol. The van der Waals surface area contributed by atoms with Crippen molar-refractivity contribution in [2.75, 3.05) is 13.1 Å². The van der Waals surface area contributed by atoms with Crippen LogP contribution in [0.25, 0.3) is 15.9 Å². The van der Waals surface area contributed by atoms with Gasteiger partial charge in [-0.25, -0.2) is 4.68 Å². The second-order valence-electron chi connectivity index (χ2n) is 7.34. The van der Waals surface area contributed by atoms with Gasteiger partial charge in [0, 0.05) is 30.6 Å². The van der Waals surface area contributed by atoms with Crippen LogP contribution in [0, 0.1) is 6.92 Å². The fraction of sp³-hybridized carbons (Fsp3) is 0.400. The third-order valence-electron chi connectivity index (χ3n) is 5.57. The summed E-state index contributed by atoms with van der Waals surface area (Å²) in [5, 5.41) is 9.40. The summed E-state index contributed by atoms with van der Waals surface area (Å²) >= 11 is 1.56. The Labute approximate surface area is 168 Å². The van der Waals surface area contributed by atoms with E-state index in [9.17, 15) is 4.79 Å². The molecule has 3 aromatic rings. The van der Waals surface area contributed by atoms with Crippen LogP contribution in [-0.2, 0) is 0 Å². The minimum Gasteiger partial charge on any atom is -0.336 e. The molecule has 7 heteroatoms. The highest BCUT2D eigenvalue weighted by Crippen LogP contribution is 2.32. The van der Waals surface area contributed by atoms with Crippen LogP contribution in [0.5, 0.6) is 0 Å². The Morgan fingerprint density at radius 2 is 1.96 bits per heavy atom. The molecule has 2 bridgehead atoms. The largest absolute Gasteiger partial charge is 0.336 e. The van der Waals surface area contributed by atoms with Gasteiger partial charge < -0.3 is 10.2 Å². The molecular weight excluding hydrogens is 380 g/mol. The number of hydrogen-bond donors (Lipinski definition) is 1. The molecule has 0 saturated carbocycles. The summed E-state index contributed by atoms with van der Waals surface area (Å²) in [5.74, 6) is 0.166. The van der Waals surface area contributed by atoms with E-state index < -0.39 is 0 Å². The van der Waals surface area contributed by atoms with E-state index in [1.54, 1.807) is 11.3 Å². The van der Waals surface area contributed by atoms with Crippen molar-refractivity contribution in [1.29, 1.82) is 0 Å². The highest BCUT2D eigenvalue weighted by molar-refractivity contribution is 7.20. The van der Waals surface area contributed by atoms with E-state index in [-0.39, 0.29) is 18.3 Å². The third-order valence-corrected chi connectivity index (χ3v) is 6.67. The number of para-hydroxylation sites is 1. The van der Waals surface area contributed by atoms with Gasteiger partial charge in [-0.1, -0.05) is 18.2 Å². The van der Waals surface area contributed by atoms with Crippen molar-refractivity contribution in [3.63, 3.8) is 0 Å². The van der Waals surface area contributed by atoms with Crippen LogP contribution >= 0.6 is 23.7 Å². The SMILES string of the molecule is Cc1nn(-c2ccccc2)c2sc(C(=O)N3CCC4CCC(C3)N4)cc12.Cl. The summed E-state index contributed by atoms with van der Waals surface area (Å²) < 4.78 is 1.96. The van der Waals surface area contributed by atoms with Crippen LogP contribution in [0.1, 0.15) is 34.6 Å². The fourth-order valence-electron chi connectivity index (χ4n) is 4.18. The first kappa shape index (κ1) is 18.5. The number of hydrogen-bond acceptors (Lipinski definition) is 4. The number of thiophene rings is 1. The van der Waals surface area contributed by atoms with Gasteiger partial charge in [0.15, 0.2) is 0 Å². The van der Waals surface area contributed by atoms with E-state index in [4.69, 9.17) is 0 Å². The van der Waals surface area contributed by atoms with Crippen molar-refractivity contribution in [2.24, 2.45) is 0 Å². The number of fused-ring (bicyclic) bond motifs is 3. The van der Waals surface area contributed by atoms with Crippen LogP contribution in [0.4, 0.5) is 0 Å². The zero-order valence-electron chi connectivity index (χ0n) is 15.2. The fourth-order valence-corrected chi connectivity index (χ4v) is 5.33. The molecule has 5 rings (SSSR count). The summed E-state index contributed by atoms with van der Waals surface area (Å²) in [7, 11) is 0. The standard InChI is InChI=1S/C20H22N4OS.ClH/c1-13-17-11-18(19(25)23-10-9-14-7-8-15(12-23)21-14)26-20(17)24(22-13)16-5-3-2-4-6-16;/h2-6,11,14-15,21H,7-10,12H2,1H3;1H. The van der Waals surface area contributed by atoms with Gasteiger partial charge in [0.2, 0.25) is 0 Å². The molecule has 1 amide bonds. The molecule has 2 aliphatic rings. The number of nitrogens with one attached hydrogen (secondary N) is 1. The number of carbonyl (C=O) groups is 1. The molecule has 2 atom stereocenters. The Morgan fingerprint density at radius 3 is 2.78 bits per heavy atom. The lowest BCUT2D eigenvalue weighted by Gasteiger charge is -2.23. The smallest absolute Gasteiger partial charge is 0.264 e. The van der Waals surface area contributed by atoms with Crippen molar-refractivity contribution in [1.82, 2.24) is 20.0 Å². The first-order valence-electron chi connectivity index (χ1n) is 9.29. The molecule has 142 valence electrons. The zero-order valence-corrected chi connectivity index (χ0v) is 16.9. The Morgan fingerprint density at radius 1 is 1.19 bits per heavy atom. The summed E-state index contributed by atoms with van der Waals surface area (Å²) in [6.07, 6.45) is 3.49. The Kier molecular flexibility index (Phi) is 4.97. The Bertz CT molecular complexity index is 967. The van der Waals surface area contributed by atoms with Crippen molar-refractivity contribution in [2.45, 2.75) is 38.3 Å². The lowest BCUT2D eigenvalue weighted by atomic mass is 10.1. The minimum atomic E-state index is 0. The Hall–Kier alpha value is -1.89. The van der Waals surface area contributed by atoms with Crippen LogP contribution in [0.3, 0.4) is 0 Å². The second-order valence-corrected chi connectivity index (χ2v) is 8.37. The monoisotopic (exact) mass is 402 g/mol. The van der Waals surface area contributed by atoms with E-state index in [1.165, 1.54) is 12.8 Å². The number of carbonyl (C=O) groups excluding carboxylic acids is 1. The molecule has 1 N–H and O–H groups in total. The quantitative estimate of drug-likeness (QED) is 0.709. The number of nitrogens with zero attached hydrogens (tertiary/aromatic N) is 3. The van der Waals surface area contributed by atoms with Crippen molar-refractivity contribution < 1.29 is 4.79 Å². The molecule has 27 heavy (non-hydrogen) atoms. The normalized spacial score (nSPS) is 21.9. The molecule has 2 aliphatic heterocycles. The Balaban J connectivity index is 0.00000180. The molecule has 5 nitrogen and oxygen atoms in total. The van der Waals surface area contributed by atoms with Gasteiger partial charge in [0.25, 0.3) is 5.91 Å². The summed E-state index contributed by atoms with van der Waals surface area (Å²) in [6, 6.07) is 13.2. The van der Waals surface area contributed by atoms with Crippen LogP contribution in [0.2, 0.25) is 0 Å². The number of benzene rings is 1. The molecule has 0 spiro atoms. The van der Waals surface area contributed by atoms with Gasteiger partial charge in [0.1, 0.15) is 4.83 Å². The molecule has 4 heterocycles. The molecule has 2 unspecified atom stereocenters. The van der Waals surface area contributed by atoms with Gasteiger partial charge in [-0.3, -0.25) is 4.79 Å². The van der Waals surface area contributed by atoms with Crippen LogP contribution < -0.4 is 5.32 Å². The van der Waals surface area contributed by atoms with Gasteiger partial charge in [-0.05, 0) is 44.4 Å². The van der Waals surface area contributed by atoms with E-state index in [2.05, 4.69) is 10.4 Å². The number of amides is 1. The van der Waals surface area contributed by atoms with Gasteiger partial charge in [0.05, 0.1) is 16.3 Å². The summed E-state index contributed by atoms with van der Waals surface area (Å²) in [6.45, 7) is 3.69. The first-order chi connectivity index (χ1) is 12.7. The van der Waals surface area contributed by atoms with Crippen molar-refractivity contribution >= 4 is 39.9 Å². The molecule has 1 aromatic carbocycles. The average molecular weight is 403 g/mol. The second kappa shape index (κ2) is 7.26. The van der Waals surface area contributed by atoms with Gasteiger partial charge in [-0.15, -0.1) is 23.7 Å². The summed E-state index contributed by atoms with van der Waals surface area (Å²) in [5.41, 5.74) is 2.00. The minimum absolute atomic E-state index is 0. The van der Waals surface area contributed by atoms with Gasteiger partial charge in [-0.2, -0.15) is 5.10 Å². The lowest BCUT2D eigenvalue weighted by Crippen LogP contribution is -2.38. The lowest BCUT2D eigenvalue weighted by molar-refractivity contribution is 0.0753. The molecular formula is C20H23ClN4OS. The number of aryl methyl sites for hydroxylation is 1. The molecule has 2 aromatic heterocycles. The van der Waals surface area contributed by atoms with E-state index >= 15 is 0 Å². The van der Waals surface area contributed by atoms with Crippen molar-refractivity contribution in [3.05, 3.63) is 47.0 Å². The topological polar surface area (TPSA) is 50.2 Å². The molecule has 0 aliphatic carbocycles. The predicted octanol–water partition coefficient (Wildman–Crippen LogP) is 3.78. The number of halogens is 1. The maximum Gasteiger partial charge on any atom is 0.264 e. The number of aromatic nitrogens is 2. The average Bonchev–Trinajstić information content (AvgIpc) is 3.30. The van der Waals surface area contributed by atoms with Crippen LogP contribution in [-0.4, -0.2) is 45.8 Å². The molecule has 2 saturated heterocycles. The highest BCUT2D eigenvalue weighted by atomic mass is 35.5. The van der Waals surface area contributed by atoms with Gasteiger partial charge >= 0.3 is 0 Å². The van der Waals surface area contributed by atoms with Crippen LogP contribution in [0.15, 0.2) is 36.4 Å². The molecule has 2 fully saturated rings. The third kappa shape index (κ3) is 3.26. The zero-order chi connectivity index (χ0) is 17.7. The van der Waals surface area contributed by atoms with E-state index in [0.29, 0.717) is 12.1 Å². The highest BCUT2D eigenvalue weighted by Gasteiger charge is 2.32. The maximum atomic E-state index is 13.1. The van der Waals surface area contributed by atoms with E-state index in [0.717, 1.165) is 46.0 Å². The van der Waals surface area contributed by atoms with Crippen molar-refractivity contribution in [3.8, 4) is 5.69 Å². The van der Waals surface area contributed by atoms with E-state index in [1.807, 2.05) is 52.9 Å². The summed E-state index contributed by atoms with van der Waals surface area (Å²) in [4.78, 5) is 17.0. The first-order valence-corrected chi connectivity index (χ1v) is 10.1.